The zero-order valence-electron chi connectivity index (χ0n) is 11.2. The predicted octanol–water partition coefficient (Wildman–Crippen LogP) is 0.979. The highest BCUT2D eigenvalue weighted by molar-refractivity contribution is 5.79. The lowest BCUT2D eigenvalue weighted by atomic mass is 9.88. The van der Waals surface area contributed by atoms with Crippen LogP contribution in [0.5, 0.6) is 5.88 Å². The van der Waals surface area contributed by atoms with Gasteiger partial charge in [-0.15, -0.1) is 0 Å². The van der Waals surface area contributed by atoms with Gasteiger partial charge >= 0.3 is 5.97 Å². The van der Waals surface area contributed by atoms with E-state index in [1.165, 1.54) is 0 Å². The number of rotatable bonds is 7. The van der Waals surface area contributed by atoms with E-state index in [2.05, 4.69) is 10.5 Å². The van der Waals surface area contributed by atoms with E-state index >= 15 is 0 Å². The van der Waals surface area contributed by atoms with Crippen molar-refractivity contribution in [1.29, 1.82) is 0 Å². The van der Waals surface area contributed by atoms with Crippen molar-refractivity contribution in [2.24, 2.45) is 5.41 Å². The summed E-state index contributed by atoms with van der Waals surface area (Å²) in [6.07, 6.45) is 0.423. The Morgan fingerprint density at radius 1 is 1.58 bits per heavy atom. The molecule has 2 N–H and O–H groups in total. The minimum absolute atomic E-state index is 0.0544. The molecule has 1 atom stereocenters. The number of carboxylic acid groups (broad SMARTS) is 1. The molecule has 0 saturated carbocycles. The normalized spacial score (nSPS) is 13.6. The fraction of sp³-hybridized carbons (Fsp3) is 0.583. The Balaban J connectivity index is 2.37. The first-order chi connectivity index (χ1) is 8.87. The zero-order chi connectivity index (χ0) is 14.5. The summed E-state index contributed by atoms with van der Waals surface area (Å²) in [7, 11) is 0. The molecule has 1 aromatic rings. The molecule has 1 aromatic heterocycles. The first-order valence-corrected chi connectivity index (χ1v) is 5.93. The van der Waals surface area contributed by atoms with Crippen LogP contribution in [-0.2, 0) is 9.59 Å². The van der Waals surface area contributed by atoms with Gasteiger partial charge in [0, 0.05) is 12.6 Å². The molecule has 0 aliphatic rings. The standard InChI is InChI=1S/C12H18N2O5/c1-4-12(3,11(16)17)7-13-9(15)6-18-10-5-8(2)19-14-10/h5H,4,6-7H2,1-3H3,(H,13,15)(H,16,17). The summed E-state index contributed by atoms with van der Waals surface area (Å²) in [6, 6.07) is 1.56. The first-order valence-electron chi connectivity index (χ1n) is 5.93. The van der Waals surface area contributed by atoms with Crippen molar-refractivity contribution < 1.29 is 24.0 Å². The van der Waals surface area contributed by atoms with Crippen LogP contribution in [0.25, 0.3) is 0 Å². The first kappa shape index (κ1) is 15.0. The van der Waals surface area contributed by atoms with Crippen LogP contribution < -0.4 is 10.1 Å². The number of aliphatic carboxylic acids is 1. The largest absolute Gasteiger partial charge is 0.481 e. The summed E-state index contributed by atoms with van der Waals surface area (Å²) in [5.74, 6) is -0.533. The number of aryl methyl sites for hydroxylation is 1. The highest BCUT2D eigenvalue weighted by Gasteiger charge is 2.31. The van der Waals surface area contributed by atoms with Gasteiger partial charge in [0.05, 0.1) is 5.41 Å². The summed E-state index contributed by atoms with van der Waals surface area (Å²) < 4.78 is 9.86. The lowest BCUT2D eigenvalue weighted by molar-refractivity contribution is -0.148. The topological polar surface area (TPSA) is 102 Å². The molecule has 1 unspecified atom stereocenters. The molecule has 1 rings (SSSR count). The van der Waals surface area contributed by atoms with Crippen molar-refractivity contribution in [3.63, 3.8) is 0 Å². The Hall–Kier alpha value is -2.05. The number of ether oxygens (including phenoxy) is 1. The van der Waals surface area contributed by atoms with Gasteiger partial charge in [0.15, 0.2) is 6.61 Å². The summed E-state index contributed by atoms with van der Waals surface area (Å²) in [5, 5.41) is 15.2. The number of amides is 1. The van der Waals surface area contributed by atoms with E-state index < -0.39 is 17.3 Å². The highest BCUT2D eigenvalue weighted by Crippen LogP contribution is 2.19. The molecule has 106 valence electrons. The van der Waals surface area contributed by atoms with Gasteiger partial charge in [0.25, 0.3) is 11.8 Å². The predicted molar refractivity (Wildman–Crippen MR) is 65.8 cm³/mol. The smallest absolute Gasteiger partial charge is 0.311 e. The van der Waals surface area contributed by atoms with E-state index in [9.17, 15) is 9.59 Å². The average Bonchev–Trinajstić information content (AvgIpc) is 2.79. The second kappa shape index (κ2) is 6.21. The van der Waals surface area contributed by atoms with Crippen molar-refractivity contribution in [2.45, 2.75) is 27.2 Å². The second-order valence-electron chi connectivity index (χ2n) is 4.56. The third-order valence-electron chi connectivity index (χ3n) is 2.93. The molecular weight excluding hydrogens is 252 g/mol. The fourth-order valence-electron chi connectivity index (χ4n) is 1.25. The maximum Gasteiger partial charge on any atom is 0.311 e. The molecule has 0 aliphatic heterocycles. The van der Waals surface area contributed by atoms with Crippen molar-refractivity contribution in [3.8, 4) is 5.88 Å². The van der Waals surface area contributed by atoms with Gasteiger partial charge in [-0.2, -0.15) is 0 Å². The Labute approximate surface area is 110 Å². The average molecular weight is 270 g/mol. The van der Waals surface area contributed by atoms with Gasteiger partial charge in [0.1, 0.15) is 5.76 Å². The van der Waals surface area contributed by atoms with Crippen LogP contribution >= 0.6 is 0 Å². The SMILES string of the molecule is CCC(C)(CNC(=O)COc1cc(C)on1)C(=O)O. The quantitative estimate of drug-likeness (QED) is 0.765. The van der Waals surface area contributed by atoms with Gasteiger partial charge < -0.3 is 19.7 Å². The van der Waals surface area contributed by atoms with Crippen molar-refractivity contribution >= 4 is 11.9 Å². The molecule has 0 radical (unpaired) electrons. The number of carboxylic acids is 1. The minimum Gasteiger partial charge on any atom is -0.481 e. The number of hydrogen-bond donors (Lipinski definition) is 2. The molecule has 19 heavy (non-hydrogen) atoms. The summed E-state index contributed by atoms with van der Waals surface area (Å²) in [4.78, 5) is 22.6. The van der Waals surface area contributed by atoms with E-state index in [1.807, 2.05) is 0 Å². The molecule has 0 saturated heterocycles. The van der Waals surface area contributed by atoms with Crippen LogP contribution in [-0.4, -0.2) is 35.3 Å². The van der Waals surface area contributed by atoms with Crippen molar-refractivity contribution in [1.82, 2.24) is 10.5 Å². The third-order valence-corrected chi connectivity index (χ3v) is 2.93. The Morgan fingerprint density at radius 3 is 2.74 bits per heavy atom. The number of carbonyl (C=O) groups is 2. The maximum atomic E-state index is 11.5. The van der Waals surface area contributed by atoms with Crippen molar-refractivity contribution in [2.75, 3.05) is 13.2 Å². The van der Waals surface area contributed by atoms with Gasteiger partial charge in [0.2, 0.25) is 0 Å². The van der Waals surface area contributed by atoms with Gasteiger partial charge in [-0.05, 0) is 25.4 Å². The van der Waals surface area contributed by atoms with E-state index in [4.69, 9.17) is 14.4 Å². The minimum atomic E-state index is -0.972. The van der Waals surface area contributed by atoms with E-state index in [0.29, 0.717) is 12.2 Å². The molecule has 1 amide bonds. The van der Waals surface area contributed by atoms with Gasteiger partial charge in [-0.1, -0.05) is 6.92 Å². The lowest BCUT2D eigenvalue weighted by Crippen LogP contribution is -2.42. The monoisotopic (exact) mass is 270 g/mol. The summed E-state index contributed by atoms with van der Waals surface area (Å²) in [5.41, 5.74) is -0.972. The molecule has 0 bridgehead atoms. The lowest BCUT2D eigenvalue weighted by Gasteiger charge is -2.23. The number of nitrogens with zero attached hydrogens (tertiary/aromatic N) is 1. The Kier molecular flexibility index (Phi) is 4.91. The van der Waals surface area contributed by atoms with Crippen LogP contribution in [0.1, 0.15) is 26.0 Å². The van der Waals surface area contributed by atoms with Crippen LogP contribution in [0.2, 0.25) is 0 Å². The molecule has 0 aliphatic carbocycles. The maximum absolute atomic E-state index is 11.5. The highest BCUT2D eigenvalue weighted by atomic mass is 16.5. The zero-order valence-corrected chi connectivity index (χ0v) is 11.2. The second-order valence-corrected chi connectivity index (χ2v) is 4.56. The van der Waals surface area contributed by atoms with Crippen LogP contribution in [0, 0.1) is 12.3 Å². The molecule has 0 spiro atoms. The van der Waals surface area contributed by atoms with E-state index in [-0.39, 0.29) is 19.0 Å². The number of hydrogen-bond acceptors (Lipinski definition) is 5. The molecule has 1 heterocycles. The van der Waals surface area contributed by atoms with Crippen molar-refractivity contribution in [3.05, 3.63) is 11.8 Å². The van der Waals surface area contributed by atoms with Crippen LogP contribution in [0.15, 0.2) is 10.6 Å². The fourth-order valence-corrected chi connectivity index (χ4v) is 1.25. The van der Waals surface area contributed by atoms with Crippen LogP contribution in [0.4, 0.5) is 0 Å². The number of aromatic nitrogens is 1. The molecule has 0 fully saturated rings. The van der Waals surface area contributed by atoms with Crippen LogP contribution in [0.3, 0.4) is 0 Å². The summed E-state index contributed by atoms with van der Waals surface area (Å²) >= 11 is 0. The molecule has 7 nitrogen and oxygen atoms in total. The molecule has 0 aromatic carbocycles. The Morgan fingerprint density at radius 2 is 2.26 bits per heavy atom. The number of carbonyl (C=O) groups excluding carboxylic acids is 1. The number of nitrogens with one attached hydrogen (secondary N) is 1. The molecular formula is C12H18N2O5. The Bertz CT molecular complexity index is 457. The van der Waals surface area contributed by atoms with E-state index in [0.717, 1.165) is 0 Å². The summed E-state index contributed by atoms with van der Waals surface area (Å²) in [6.45, 7) is 4.87. The van der Waals surface area contributed by atoms with Gasteiger partial charge in [-0.25, -0.2) is 0 Å². The van der Waals surface area contributed by atoms with Gasteiger partial charge in [-0.3, -0.25) is 9.59 Å². The van der Waals surface area contributed by atoms with E-state index in [1.54, 1.807) is 26.8 Å². The third kappa shape index (κ3) is 4.27. The molecule has 7 heteroatoms.